The molecule has 0 saturated carbocycles. The van der Waals surface area contributed by atoms with Gasteiger partial charge in [-0.25, -0.2) is 19.2 Å². The van der Waals surface area contributed by atoms with Crippen molar-refractivity contribution in [3.8, 4) is 0 Å². The first kappa shape index (κ1) is 47.0. The van der Waals surface area contributed by atoms with Gasteiger partial charge in [0, 0.05) is 32.1 Å². The predicted octanol–water partition coefficient (Wildman–Crippen LogP) is 7.94. The summed E-state index contributed by atoms with van der Waals surface area (Å²) in [5.74, 6) is -0.405. The van der Waals surface area contributed by atoms with E-state index in [1.807, 2.05) is 27.7 Å². The topological polar surface area (TPSA) is 162 Å². The molecule has 0 fully saturated rings. The van der Waals surface area contributed by atoms with Crippen LogP contribution < -0.4 is 16.4 Å². The Morgan fingerprint density at radius 2 is 1.14 bits per heavy atom. The third-order valence-electron chi connectivity index (χ3n) is 6.99. The molecule has 0 aromatic rings. The van der Waals surface area contributed by atoms with E-state index in [1.54, 1.807) is 72.1 Å². The number of nitrogens with zero attached hydrogens (tertiary/aromatic N) is 2. The van der Waals surface area contributed by atoms with Crippen LogP contribution in [0.2, 0.25) is 0 Å². The molecule has 0 rings (SSSR count). The number of carbonyl (C=O) groups is 4. The van der Waals surface area contributed by atoms with Crippen molar-refractivity contribution < 1.29 is 38.1 Å². The highest BCUT2D eigenvalue weighted by molar-refractivity contribution is 5.72. The van der Waals surface area contributed by atoms with Gasteiger partial charge in [0.05, 0.1) is 0 Å². The smallest absolute Gasteiger partial charge is 0.411 e. The summed E-state index contributed by atoms with van der Waals surface area (Å²) in [5, 5.41) is 5.77. The molecular formula is C37H73N5O8. The summed E-state index contributed by atoms with van der Waals surface area (Å²) in [5.41, 5.74) is 2.85. The Hall–Kier alpha value is -2.96. The number of ether oxygens (including phenoxy) is 4. The molecule has 4 N–H and O–H groups in total. The molecular weight excluding hydrogens is 642 g/mol. The number of carbonyl (C=O) groups excluding carboxylic acids is 4. The van der Waals surface area contributed by atoms with Gasteiger partial charge in [0.1, 0.15) is 28.6 Å². The van der Waals surface area contributed by atoms with Crippen LogP contribution >= 0.6 is 0 Å². The van der Waals surface area contributed by atoms with Crippen molar-refractivity contribution >= 4 is 24.4 Å². The van der Waals surface area contributed by atoms with Crippen LogP contribution in [0, 0.1) is 5.92 Å². The fraction of sp³-hybridized carbons (Fsp3) is 0.892. The SMILES string of the molecule is CCCCN(C(=O)OC(C)(C)C)C(NC(=O)OC(C)(C)C)C(CCCCCCN)CN(CCCCNC(=O)OC(C)(C)C)C(=O)OC(C)(C)C. The molecule has 294 valence electrons. The van der Waals surface area contributed by atoms with Gasteiger partial charge in [0.15, 0.2) is 0 Å². The van der Waals surface area contributed by atoms with E-state index in [0.29, 0.717) is 51.9 Å². The number of hydrogen-bond donors (Lipinski definition) is 3. The Labute approximate surface area is 303 Å². The van der Waals surface area contributed by atoms with Crippen LogP contribution in [0.4, 0.5) is 19.2 Å². The van der Waals surface area contributed by atoms with E-state index in [0.717, 1.165) is 32.1 Å². The van der Waals surface area contributed by atoms with Crippen LogP contribution in [0.3, 0.4) is 0 Å². The zero-order chi connectivity index (χ0) is 38.8. The lowest BCUT2D eigenvalue weighted by molar-refractivity contribution is -0.00841. The number of rotatable bonds is 19. The minimum Gasteiger partial charge on any atom is -0.444 e. The Kier molecular flexibility index (Phi) is 20.8. The molecule has 0 aromatic carbocycles. The van der Waals surface area contributed by atoms with Crippen molar-refractivity contribution in [2.24, 2.45) is 11.7 Å². The summed E-state index contributed by atoms with van der Waals surface area (Å²) < 4.78 is 22.7. The van der Waals surface area contributed by atoms with Crippen LogP contribution in [0.25, 0.3) is 0 Å². The number of amides is 4. The maximum atomic E-state index is 13.8. The molecule has 4 amide bonds. The Bertz CT molecular complexity index is 1010. The standard InChI is InChI=1S/C37H73N5O8/c1-14-15-26-42(33(46)50-37(11,12)13)29(40-31(44)48-35(5,6)7)28(22-18-16-17-19-23-38)27-41(32(45)49-36(8,9)10)25-21-20-24-39-30(43)47-34(2,3)4/h28-29H,14-27,38H2,1-13H3,(H,39,43)(H,40,44). The Morgan fingerprint density at radius 1 is 0.620 bits per heavy atom. The van der Waals surface area contributed by atoms with Crippen molar-refractivity contribution in [3.05, 3.63) is 0 Å². The second-order valence-corrected chi connectivity index (χ2v) is 16.9. The summed E-state index contributed by atoms with van der Waals surface area (Å²) in [6, 6.07) is 0. The monoisotopic (exact) mass is 716 g/mol. The number of nitrogens with two attached hydrogens (primary N) is 1. The van der Waals surface area contributed by atoms with Gasteiger partial charge in [-0.15, -0.1) is 0 Å². The molecule has 2 atom stereocenters. The van der Waals surface area contributed by atoms with E-state index in [4.69, 9.17) is 24.7 Å². The fourth-order valence-corrected chi connectivity index (χ4v) is 4.92. The molecule has 2 unspecified atom stereocenters. The quantitative estimate of drug-likeness (QED) is 0.0685. The molecule has 0 aliphatic rings. The summed E-state index contributed by atoms with van der Waals surface area (Å²) in [6.45, 7) is 25.4. The van der Waals surface area contributed by atoms with Gasteiger partial charge in [0.2, 0.25) is 0 Å². The zero-order valence-corrected chi connectivity index (χ0v) is 33.8. The lowest BCUT2D eigenvalue weighted by Gasteiger charge is -2.40. The lowest BCUT2D eigenvalue weighted by Crippen LogP contribution is -2.58. The average molecular weight is 716 g/mol. The minimum absolute atomic E-state index is 0.192. The van der Waals surface area contributed by atoms with Crippen LogP contribution in [-0.2, 0) is 18.9 Å². The van der Waals surface area contributed by atoms with Crippen LogP contribution in [0.5, 0.6) is 0 Å². The highest BCUT2D eigenvalue weighted by Gasteiger charge is 2.37. The van der Waals surface area contributed by atoms with E-state index < -0.39 is 58.9 Å². The van der Waals surface area contributed by atoms with Crippen molar-refractivity contribution in [3.63, 3.8) is 0 Å². The first-order valence-corrected chi connectivity index (χ1v) is 18.5. The van der Waals surface area contributed by atoms with Crippen molar-refractivity contribution in [1.29, 1.82) is 0 Å². The minimum atomic E-state index is -0.848. The fourth-order valence-electron chi connectivity index (χ4n) is 4.92. The van der Waals surface area contributed by atoms with E-state index in [1.165, 1.54) is 0 Å². The van der Waals surface area contributed by atoms with Crippen LogP contribution in [0.15, 0.2) is 0 Å². The number of nitrogens with one attached hydrogen (secondary N) is 2. The van der Waals surface area contributed by atoms with Crippen molar-refractivity contribution in [1.82, 2.24) is 20.4 Å². The summed E-state index contributed by atoms with van der Waals surface area (Å²) >= 11 is 0. The second-order valence-electron chi connectivity index (χ2n) is 16.9. The van der Waals surface area contributed by atoms with E-state index >= 15 is 0 Å². The molecule has 0 aliphatic heterocycles. The molecule has 0 radical (unpaired) electrons. The zero-order valence-electron chi connectivity index (χ0n) is 33.8. The molecule has 0 spiro atoms. The second kappa shape index (κ2) is 22.1. The van der Waals surface area contributed by atoms with Gasteiger partial charge < -0.3 is 40.2 Å². The van der Waals surface area contributed by atoms with Crippen LogP contribution in [0.1, 0.15) is 148 Å². The average Bonchev–Trinajstić information content (AvgIpc) is 2.91. The van der Waals surface area contributed by atoms with Crippen molar-refractivity contribution in [2.45, 2.75) is 176 Å². The molecule has 50 heavy (non-hydrogen) atoms. The molecule has 0 bridgehead atoms. The number of alkyl carbamates (subject to hydrolysis) is 2. The summed E-state index contributed by atoms with van der Waals surface area (Å²) in [4.78, 5) is 56.3. The number of unbranched alkanes of at least 4 members (excludes halogenated alkanes) is 5. The van der Waals surface area contributed by atoms with E-state index in [2.05, 4.69) is 10.6 Å². The summed E-state index contributed by atoms with van der Waals surface area (Å²) in [7, 11) is 0. The van der Waals surface area contributed by atoms with Gasteiger partial charge in [0.25, 0.3) is 0 Å². The van der Waals surface area contributed by atoms with Gasteiger partial charge >= 0.3 is 24.4 Å². The summed E-state index contributed by atoms with van der Waals surface area (Å²) in [6.07, 6.45) is 3.68. The molecule has 13 nitrogen and oxygen atoms in total. The Morgan fingerprint density at radius 3 is 1.66 bits per heavy atom. The molecule has 13 heteroatoms. The molecule has 0 aliphatic carbocycles. The third-order valence-corrected chi connectivity index (χ3v) is 6.99. The first-order valence-electron chi connectivity index (χ1n) is 18.5. The maximum Gasteiger partial charge on any atom is 0.411 e. The first-order chi connectivity index (χ1) is 22.9. The highest BCUT2D eigenvalue weighted by atomic mass is 16.6. The van der Waals surface area contributed by atoms with Crippen molar-refractivity contribution in [2.75, 3.05) is 32.7 Å². The molecule has 0 aromatic heterocycles. The van der Waals surface area contributed by atoms with Crippen LogP contribution in [-0.4, -0.2) is 95.5 Å². The third kappa shape index (κ3) is 24.2. The van der Waals surface area contributed by atoms with E-state index in [9.17, 15) is 19.2 Å². The number of hydrogen-bond acceptors (Lipinski definition) is 9. The molecule has 0 saturated heterocycles. The Balaban J connectivity index is 6.66. The normalized spacial score (nSPS) is 13.5. The maximum absolute atomic E-state index is 13.8. The largest absolute Gasteiger partial charge is 0.444 e. The van der Waals surface area contributed by atoms with Gasteiger partial charge in [-0.3, -0.25) is 4.90 Å². The predicted molar refractivity (Wildman–Crippen MR) is 198 cm³/mol. The highest BCUT2D eigenvalue weighted by Crippen LogP contribution is 2.24. The van der Waals surface area contributed by atoms with E-state index in [-0.39, 0.29) is 6.54 Å². The van der Waals surface area contributed by atoms with Gasteiger partial charge in [-0.2, -0.15) is 0 Å². The lowest BCUT2D eigenvalue weighted by atomic mass is 9.95. The molecule has 0 heterocycles. The van der Waals surface area contributed by atoms with Gasteiger partial charge in [-0.1, -0.05) is 32.6 Å². The van der Waals surface area contributed by atoms with Gasteiger partial charge in [-0.05, 0) is 122 Å².